The van der Waals surface area contributed by atoms with Gasteiger partial charge in [0.2, 0.25) is 5.78 Å². The van der Waals surface area contributed by atoms with Crippen molar-refractivity contribution in [3.8, 4) is 11.5 Å². The molecule has 1 unspecified atom stereocenters. The van der Waals surface area contributed by atoms with Gasteiger partial charge in [0.25, 0.3) is 0 Å². The van der Waals surface area contributed by atoms with E-state index in [0.717, 1.165) is 17.7 Å². The molecule has 2 aromatic carbocycles. The summed E-state index contributed by atoms with van der Waals surface area (Å²) in [6.45, 7) is 0. The number of hydrogen-bond donors (Lipinski definition) is 1. The van der Waals surface area contributed by atoms with E-state index in [9.17, 15) is 9.90 Å². The highest BCUT2D eigenvalue weighted by atomic mass is 16.5. The Kier molecular flexibility index (Phi) is 3.73. The Hall–Kier alpha value is -2.55. The van der Waals surface area contributed by atoms with Gasteiger partial charge in [0.15, 0.2) is 5.76 Å². The van der Waals surface area contributed by atoms with Crippen LogP contribution in [0.25, 0.3) is 0 Å². The Labute approximate surface area is 123 Å². The highest BCUT2D eigenvalue weighted by molar-refractivity contribution is 5.99. The quantitative estimate of drug-likeness (QED) is 0.908. The SMILES string of the molecule is O=C1C(O)=CCCC1c1cccc(Oc2ccccc2)c1. The second-order valence-electron chi connectivity index (χ2n) is 5.07. The molecule has 3 rings (SSSR count). The minimum atomic E-state index is -0.283. The molecule has 1 aliphatic carbocycles. The molecule has 106 valence electrons. The molecule has 3 nitrogen and oxygen atoms in total. The van der Waals surface area contributed by atoms with Gasteiger partial charge in [-0.1, -0.05) is 30.3 Å². The number of aliphatic hydroxyl groups excluding tert-OH is 1. The number of carbonyl (C=O) groups is 1. The van der Waals surface area contributed by atoms with E-state index in [0.29, 0.717) is 12.2 Å². The maximum atomic E-state index is 12.0. The van der Waals surface area contributed by atoms with Crippen LogP contribution in [0.5, 0.6) is 11.5 Å². The number of para-hydroxylation sites is 1. The molecule has 0 radical (unpaired) electrons. The molecule has 1 atom stereocenters. The molecule has 2 aromatic rings. The molecule has 1 N–H and O–H groups in total. The van der Waals surface area contributed by atoms with Crippen molar-refractivity contribution in [3.63, 3.8) is 0 Å². The van der Waals surface area contributed by atoms with Gasteiger partial charge in [0.1, 0.15) is 11.5 Å². The van der Waals surface area contributed by atoms with Crippen LogP contribution in [0.4, 0.5) is 0 Å². The summed E-state index contributed by atoms with van der Waals surface area (Å²) in [6.07, 6.45) is 3.02. The monoisotopic (exact) mass is 280 g/mol. The first kappa shape index (κ1) is 13.4. The van der Waals surface area contributed by atoms with Crippen LogP contribution in [-0.4, -0.2) is 10.9 Å². The van der Waals surface area contributed by atoms with E-state index in [-0.39, 0.29) is 17.5 Å². The summed E-state index contributed by atoms with van der Waals surface area (Å²) in [6, 6.07) is 17.0. The minimum absolute atomic E-state index is 0.124. The van der Waals surface area contributed by atoms with Gasteiger partial charge < -0.3 is 9.84 Å². The van der Waals surface area contributed by atoms with Gasteiger partial charge in [-0.3, -0.25) is 4.79 Å². The van der Waals surface area contributed by atoms with Crippen molar-refractivity contribution in [3.05, 3.63) is 72.0 Å². The van der Waals surface area contributed by atoms with Crippen LogP contribution in [0.3, 0.4) is 0 Å². The van der Waals surface area contributed by atoms with Crippen LogP contribution in [0.2, 0.25) is 0 Å². The normalized spacial score (nSPS) is 18.2. The summed E-state index contributed by atoms with van der Waals surface area (Å²) in [5, 5.41) is 9.59. The van der Waals surface area contributed by atoms with E-state index in [1.54, 1.807) is 6.08 Å². The smallest absolute Gasteiger partial charge is 0.204 e. The van der Waals surface area contributed by atoms with Crippen LogP contribution in [0, 0.1) is 0 Å². The second kappa shape index (κ2) is 5.83. The maximum Gasteiger partial charge on any atom is 0.204 e. The lowest BCUT2D eigenvalue weighted by atomic mass is 9.86. The third kappa shape index (κ3) is 2.97. The Morgan fingerprint density at radius 2 is 1.76 bits per heavy atom. The zero-order valence-electron chi connectivity index (χ0n) is 11.5. The molecule has 21 heavy (non-hydrogen) atoms. The van der Waals surface area contributed by atoms with Crippen molar-refractivity contribution in [1.82, 2.24) is 0 Å². The fourth-order valence-electron chi connectivity index (χ4n) is 2.53. The Morgan fingerprint density at radius 3 is 2.57 bits per heavy atom. The first-order chi connectivity index (χ1) is 10.2. The zero-order valence-corrected chi connectivity index (χ0v) is 11.5. The van der Waals surface area contributed by atoms with E-state index in [1.165, 1.54) is 0 Å². The topological polar surface area (TPSA) is 46.5 Å². The third-order valence-corrected chi connectivity index (χ3v) is 3.60. The Balaban J connectivity index is 1.84. The Morgan fingerprint density at radius 1 is 1.00 bits per heavy atom. The predicted octanol–water partition coefficient (Wildman–Crippen LogP) is 4.37. The molecule has 0 amide bonds. The van der Waals surface area contributed by atoms with Gasteiger partial charge in [-0.2, -0.15) is 0 Å². The number of aliphatic hydroxyl groups is 1. The first-order valence-corrected chi connectivity index (χ1v) is 7.00. The molecular weight excluding hydrogens is 264 g/mol. The molecule has 3 heteroatoms. The first-order valence-electron chi connectivity index (χ1n) is 7.00. The fraction of sp³-hybridized carbons (Fsp3) is 0.167. The molecule has 0 heterocycles. The van der Waals surface area contributed by atoms with Gasteiger partial charge in [0, 0.05) is 0 Å². The lowest BCUT2D eigenvalue weighted by Gasteiger charge is -2.19. The molecule has 0 saturated carbocycles. The van der Waals surface area contributed by atoms with Crippen molar-refractivity contribution < 1.29 is 14.6 Å². The number of rotatable bonds is 3. The standard InChI is InChI=1S/C18H16O3/c19-17-11-5-10-16(18(17)20)13-6-4-9-15(12-13)21-14-7-2-1-3-8-14/h1-4,6-9,11-12,16,19H,5,10H2. The summed E-state index contributed by atoms with van der Waals surface area (Å²) in [5.74, 6) is 0.834. The summed E-state index contributed by atoms with van der Waals surface area (Å²) < 4.78 is 5.78. The summed E-state index contributed by atoms with van der Waals surface area (Å²) >= 11 is 0. The molecule has 0 spiro atoms. The van der Waals surface area contributed by atoms with E-state index in [1.807, 2.05) is 54.6 Å². The third-order valence-electron chi connectivity index (χ3n) is 3.60. The van der Waals surface area contributed by atoms with Gasteiger partial charge in [-0.25, -0.2) is 0 Å². The predicted molar refractivity (Wildman–Crippen MR) is 80.7 cm³/mol. The zero-order chi connectivity index (χ0) is 14.7. The van der Waals surface area contributed by atoms with Crippen molar-refractivity contribution in [2.75, 3.05) is 0 Å². The number of carbonyl (C=O) groups excluding carboxylic acids is 1. The number of benzene rings is 2. The van der Waals surface area contributed by atoms with Gasteiger partial charge >= 0.3 is 0 Å². The van der Waals surface area contributed by atoms with Crippen LogP contribution >= 0.6 is 0 Å². The van der Waals surface area contributed by atoms with Gasteiger partial charge in [-0.15, -0.1) is 0 Å². The Bertz CT molecular complexity index is 674. The number of Topliss-reactive ketones (excluding diaryl/α,β-unsaturated/α-hetero) is 1. The molecular formula is C18H16O3. The number of hydrogen-bond acceptors (Lipinski definition) is 3. The highest BCUT2D eigenvalue weighted by Crippen LogP contribution is 2.32. The van der Waals surface area contributed by atoms with Crippen LogP contribution < -0.4 is 4.74 Å². The van der Waals surface area contributed by atoms with Crippen LogP contribution in [0.15, 0.2) is 66.4 Å². The molecule has 1 aliphatic rings. The van der Waals surface area contributed by atoms with E-state index in [2.05, 4.69) is 0 Å². The number of ketones is 1. The van der Waals surface area contributed by atoms with Crippen molar-refractivity contribution in [2.45, 2.75) is 18.8 Å². The van der Waals surface area contributed by atoms with E-state index in [4.69, 9.17) is 4.74 Å². The van der Waals surface area contributed by atoms with Crippen LogP contribution in [-0.2, 0) is 4.79 Å². The van der Waals surface area contributed by atoms with Crippen molar-refractivity contribution in [2.24, 2.45) is 0 Å². The van der Waals surface area contributed by atoms with E-state index >= 15 is 0 Å². The van der Waals surface area contributed by atoms with Crippen molar-refractivity contribution >= 4 is 5.78 Å². The molecule has 0 fully saturated rings. The number of allylic oxidation sites excluding steroid dienone is 2. The van der Waals surface area contributed by atoms with E-state index < -0.39 is 0 Å². The highest BCUT2D eigenvalue weighted by Gasteiger charge is 2.26. The fourth-order valence-corrected chi connectivity index (χ4v) is 2.53. The molecule has 0 bridgehead atoms. The molecule has 0 saturated heterocycles. The number of ether oxygens (including phenoxy) is 1. The van der Waals surface area contributed by atoms with Crippen molar-refractivity contribution in [1.29, 1.82) is 0 Å². The summed E-state index contributed by atoms with van der Waals surface area (Å²) in [7, 11) is 0. The molecule has 0 aromatic heterocycles. The van der Waals surface area contributed by atoms with Crippen LogP contribution in [0.1, 0.15) is 24.3 Å². The minimum Gasteiger partial charge on any atom is -0.505 e. The lowest BCUT2D eigenvalue weighted by Crippen LogP contribution is -2.18. The maximum absolute atomic E-state index is 12.0. The lowest BCUT2D eigenvalue weighted by molar-refractivity contribution is -0.120. The second-order valence-corrected chi connectivity index (χ2v) is 5.07. The average molecular weight is 280 g/mol. The average Bonchev–Trinajstić information content (AvgIpc) is 2.51. The summed E-state index contributed by atoms with van der Waals surface area (Å²) in [5.41, 5.74) is 0.882. The molecule has 0 aliphatic heterocycles. The largest absolute Gasteiger partial charge is 0.505 e. The summed E-state index contributed by atoms with van der Waals surface area (Å²) in [4.78, 5) is 12.0. The van der Waals surface area contributed by atoms with Gasteiger partial charge in [-0.05, 0) is 48.7 Å². The van der Waals surface area contributed by atoms with Gasteiger partial charge in [0.05, 0.1) is 5.92 Å².